The fourth-order valence-corrected chi connectivity index (χ4v) is 4.74. The van der Waals surface area contributed by atoms with Gasteiger partial charge in [0, 0.05) is 18.8 Å². The molecule has 7 heteroatoms. The van der Waals surface area contributed by atoms with E-state index < -0.39 is 21.7 Å². The summed E-state index contributed by atoms with van der Waals surface area (Å²) in [6.07, 6.45) is 3.61. The summed E-state index contributed by atoms with van der Waals surface area (Å²) < 4.78 is 41.5. The van der Waals surface area contributed by atoms with E-state index in [4.69, 9.17) is 0 Å². The number of nitrogens with one attached hydrogen (secondary N) is 1. The molecule has 0 aliphatic carbocycles. The van der Waals surface area contributed by atoms with Crippen molar-refractivity contribution in [1.29, 1.82) is 0 Å². The largest absolute Gasteiger partial charge is 0.322 e. The SMILES string of the molecule is Cc1cccc(NC(=O)c2cc(S(=O)(=O)N3CCCCCC3)ccc2F)c1. The van der Waals surface area contributed by atoms with Crippen molar-refractivity contribution in [3.63, 3.8) is 0 Å². The van der Waals surface area contributed by atoms with E-state index in [1.54, 1.807) is 18.2 Å². The van der Waals surface area contributed by atoms with E-state index in [0.717, 1.165) is 43.4 Å². The predicted octanol–water partition coefficient (Wildman–Crippen LogP) is 3.95. The normalized spacial score (nSPS) is 15.9. The number of halogens is 1. The van der Waals surface area contributed by atoms with Crippen LogP contribution < -0.4 is 5.32 Å². The average Bonchev–Trinajstić information content (AvgIpc) is 2.92. The van der Waals surface area contributed by atoms with Crippen LogP contribution in [0.1, 0.15) is 41.6 Å². The molecule has 2 aromatic carbocycles. The zero-order valence-corrected chi connectivity index (χ0v) is 16.1. The summed E-state index contributed by atoms with van der Waals surface area (Å²) >= 11 is 0. The van der Waals surface area contributed by atoms with Gasteiger partial charge in [-0.1, -0.05) is 25.0 Å². The molecule has 1 amide bonds. The Labute approximate surface area is 159 Å². The van der Waals surface area contributed by atoms with E-state index >= 15 is 0 Å². The minimum Gasteiger partial charge on any atom is -0.322 e. The lowest BCUT2D eigenvalue weighted by atomic mass is 10.1. The first-order chi connectivity index (χ1) is 12.9. The minimum absolute atomic E-state index is 0.0554. The van der Waals surface area contributed by atoms with E-state index in [1.807, 2.05) is 13.0 Å². The molecule has 2 aromatic rings. The summed E-state index contributed by atoms with van der Waals surface area (Å²) in [7, 11) is -3.75. The Bertz CT molecular complexity index is 936. The number of benzene rings is 2. The van der Waals surface area contributed by atoms with Crippen LogP contribution in [0.5, 0.6) is 0 Å². The van der Waals surface area contributed by atoms with E-state index in [1.165, 1.54) is 10.4 Å². The summed E-state index contributed by atoms with van der Waals surface area (Å²) in [4.78, 5) is 12.4. The number of hydrogen-bond donors (Lipinski definition) is 1. The molecular formula is C20H23FN2O3S. The van der Waals surface area contributed by atoms with E-state index in [9.17, 15) is 17.6 Å². The number of carbonyl (C=O) groups is 1. The molecule has 0 atom stereocenters. The van der Waals surface area contributed by atoms with Crippen molar-refractivity contribution in [2.75, 3.05) is 18.4 Å². The Morgan fingerprint density at radius 2 is 1.74 bits per heavy atom. The summed E-state index contributed by atoms with van der Waals surface area (Å²) in [5.41, 5.74) is 1.19. The smallest absolute Gasteiger partial charge is 0.258 e. The zero-order chi connectivity index (χ0) is 19.4. The van der Waals surface area contributed by atoms with Gasteiger partial charge in [-0.25, -0.2) is 12.8 Å². The van der Waals surface area contributed by atoms with Crippen LogP contribution in [-0.4, -0.2) is 31.7 Å². The molecule has 1 saturated heterocycles. The van der Waals surface area contributed by atoms with Gasteiger partial charge in [0.25, 0.3) is 5.91 Å². The first-order valence-corrected chi connectivity index (χ1v) is 10.5. The van der Waals surface area contributed by atoms with Crippen LogP contribution in [0.4, 0.5) is 10.1 Å². The molecule has 0 aromatic heterocycles. The topological polar surface area (TPSA) is 66.5 Å². The Balaban J connectivity index is 1.88. The molecule has 1 heterocycles. The predicted molar refractivity (Wildman–Crippen MR) is 103 cm³/mol. The van der Waals surface area contributed by atoms with Crippen molar-refractivity contribution >= 4 is 21.6 Å². The summed E-state index contributed by atoms with van der Waals surface area (Å²) in [6, 6.07) is 10.5. The van der Waals surface area contributed by atoms with Crippen molar-refractivity contribution < 1.29 is 17.6 Å². The highest BCUT2D eigenvalue weighted by Crippen LogP contribution is 2.23. The van der Waals surface area contributed by atoms with Crippen LogP contribution in [0.15, 0.2) is 47.4 Å². The maximum absolute atomic E-state index is 14.2. The fraction of sp³-hybridized carbons (Fsp3) is 0.350. The lowest BCUT2D eigenvalue weighted by Gasteiger charge is -2.20. The molecule has 0 unspecified atom stereocenters. The summed E-state index contributed by atoms with van der Waals surface area (Å²) in [6.45, 7) is 2.78. The second-order valence-corrected chi connectivity index (χ2v) is 8.72. The molecular weight excluding hydrogens is 367 g/mol. The number of amides is 1. The van der Waals surface area contributed by atoms with Gasteiger partial charge in [0.15, 0.2) is 0 Å². The Hall–Kier alpha value is -2.25. The molecule has 0 saturated carbocycles. The molecule has 0 spiro atoms. The van der Waals surface area contributed by atoms with Crippen molar-refractivity contribution in [3.8, 4) is 0 Å². The van der Waals surface area contributed by atoms with Crippen LogP contribution in [-0.2, 0) is 10.0 Å². The molecule has 144 valence electrons. The first kappa shape index (κ1) is 19.5. The van der Waals surface area contributed by atoms with Gasteiger partial charge in [0.1, 0.15) is 5.82 Å². The highest BCUT2D eigenvalue weighted by Gasteiger charge is 2.27. The third-order valence-electron chi connectivity index (χ3n) is 4.66. The van der Waals surface area contributed by atoms with Crippen molar-refractivity contribution in [3.05, 3.63) is 59.4 Å². The number of anilines is 1. The minimum atomic E-state index is -3.75. The highest BCUT2D eigenvalue weighted by atomic mass is 32.2. The maximum atomic E-state index is 14.2. The van der Waals surface area contributed by atoms with Crippen LogP contribution in [0.2, 0.25) is 0 Å². The Kier molecular flexibility index (Phi) is 5.92. The molecule has 1 aliphatic rings. The molecule has 3 rings (SSSR count). The molecule has 0 bridgehead atoms. The number of aryl methyl sites for hydroxylation is 1. The maximum Gasteiger partial charge on any atom is 0.258 e. The van der Waals surface area contributed by atoms with Gasteiger partial charge >= 0.3 is 0 Å². The van der Waals surface area contributed by atoms with Crippen molar-refractivity contribution in [1.82, 2.24) is 4.31 Å². The number of nitrogens with zero attached hydrogens (tertiary/aromatic N) is 1. The van der Waals surface area contributed by atoms with Gasteiger partial charge in [-0.05, 0) is 55.7 Å². The third-order valence-corrected chi connectivity index (χ3v) is 6.56. The zero-order valence-electron chi connectivity index (χ0n) is 15.2. The van der Waals surface area contributed by atoms with E-state index in [-0.39, 0.29) is 10.5 Å². The van der Waals surface area contributed by atoms with Gasteiger partial charge in [-0.2, -0.15) is 4.31 Å². The van der Waals surface area contributed by atoms with Gasteiger partial charge < -0.3 is 5.32 Å². The highest BCUT2D eigenvalue weighted by molar-refractivity contribution is 7.89. The summed E-state index contributed by atoms with van der Waals surface area (Å²) in [5.74, 6) is -1.43. The standard InChI is InChI=1S/C20H23FN2O3S/c1-15-7-6-8-16(13-15)22-20(24)18-14-17(9-10-19(18)21)27(25,26)23-11-4-2-3-5-12-23/h6-10,13-14H,2-5,11-12H2,1H3,(H,22,24). The molecule has 1 fully saturated rings. The van der Waals surface area contributed by atoms with E-state index in [2.05, 4.69) is 5.32 Å². The number of rotatable bonds is 4. The Morgan fingerprint density at radius 1 is 1.04 bits per heavy atom. The first-order valence-electron chi connectivity index (χ1n) is 9.05. The van der Waals surface area contributed by atoms with Gasteiger partial charge in [-0.3, -0.25) is 4.79 Å². The van der Waals surface area contributed by atoms with Crippen LogP contribution in [0.25, 0.3) is 0 Å². The monoisotopic (exact) mass is 390 g/mol. The molecule has 27 heavy (non-hydrogen) atoms. The average molecular weight is 390 g/mol. The quantitative estimate of drug-likeness (QED) is 0.860. The fourth-order valence-electron chi connectivity index (χ4n) is 3.19. The van der Waals surface area contributed by atoms with Gasteiger partial charge in [0.05, 0.1) is 10.5 Å². The molecule has 5 nitrogen and oxygen atoms in total. The Morgan fingerprint density at radius 3 is 2.41 bits per heavy atom. The third kappa shape index (κ3) is 4.54. The van der Waals surface area contributed by atoms with Crippen LogP contribution in [0.3, 0.4) is 0 Å². The summed E-state index contributed by atoms with van der Waals surface area (Å²) in [5, 5.41) is 2.62. The van der Waals surface area contributed by atoms with Crippen LogP contribution >= 0.6 is 0 Å². The van der Waals surface area contributed by atoms with Gasteiger partial charge in [-0.15, -0.1) is 0 Å². The van der Waals surface area contributed by atoms with Crippen molar-refractivity contribution in [2.45, 2.75) is 37.5 Å². The number of carbonyl (C=O) groups excluding carboxylic acids is 1. The molecule has 1 aliphatic heterocycles. The second-order valence-electron chi connectivity index (χ2n) is 6.78. The number of hydrogen-bond acceptors (Lipinski definition) is 3. The number of sulfonamides is 1. The molecule has 0 radical (unpaired) electrons. The molecule has 1 N–H and O–H groups in total. The lowest BCUT2D eigenvalue weighted by molar-refractivity contribution is 0.102. The van der Waals surface area contributed by atoms with Crippen molar-refractivity contribution in [2.24, 2.45) is 0 Å². The van der Waals surface area contributed by atoms with E-state index in [0.29, 0.717) is 18.8 Å². The second kappa shape index (κ2) is 8.19. The lowest BCUT2D eigenvalue weighted by Crippen LogP contribution is -2.32. The van der Waals surface area contributed by atoms with Gasteiger partial charge in [0.2, 0.25) is 10.0 Å². The van der Waals surface area contributed by atoms with Crippen LogP contribution in [0, 0.1) is 12.7 Å².